The molecule has 340 valence electrons. The molecule has 0 spiro atoms. The first-order valence-corrected chi connectivity index (χ1v) is 25.6. The number of fused-ring (bicyclic) bond motifs is 8. The van der Waals surface area contributed by atoms with Crippen LogP contribution in [0.15, 0.2) is 265 Å². The van der Waals surface area contributed by atoms with Crippen molar-refractivity contribution in [2.24, 2.45) is 5.92 Å². The van der Waals surface area contributed by atoms with E-state index in [1.165, 1.54) is 101 Å². The number of para-hydroxylation sites is 1. The number of nitrogens with zero attached hydrogens (tertiary/aromatic N) is 2. The third kappa shape index (κ3) is 6.07. The molecule has 8 aromatic carbocycles. The monoisotopic (exact) mass is 910 g/mol. The summed E-state index contributed by atoms with van der Waals surface area (Å²) in [5.74, 6) is 0.605. The smallest absolute Gasteiger partial charge is 0.0680 e. The Morgan fingerprint density at radius 2 is 1.14 bits per heavy atom. The summed E-state index contributed by atoms with van der Waals surface area (Å²) in [7, 11) is 0. The molecular weight excluding hydrogens is 857 g/mol. The fourth-order valence-corrected chi connectivity index (χ4v) is 13.9. The van der Waals surface area contributed by atoms with E-state index < -0.39 is 10.8 Å². The maximum absolute atomic E-state index is 2.55. The highest BCUT2D eigenvalue weighted by atomic mass is 15.1. The van der Waals surface area contributed by atoms with Crippen molar-refractivity contribution in [3.05, 3.63) is 310 Å². The van der Waals surface area contributed by atoms with Crippen LogP contribution in [0.4, 0.5) is 11.4 Å². The summed E-state index contributed by atoms with van der Waals surface area (Å²) in [6.45, 7) is 2.43. The van der Waals surface area contributed by atoms with E-state index in [1.807, 2.05) is 0 Å². The van der Waals surface area contributed by atoms with Crippen LogP contribution >= 0.6 is 0 Å². The fourth-order valence-electron chi connectivity index (χ4n) is 13.9. The minimum Gasteiger partial charge on any atom is -0.314 e. The van der Waals surface area contributed by atoms with Gasteiger partial charge in [-0.05, 0) is 147 Å². The molecule has 71 heavy (non-hydrogen) atoms. The fraction of sp³-hybridized carbons (Fsp3) is 0.130. The molecule has 0 saturated carbocycles. The van der Waals surface area contributed by atoms with Crippen molar-refractivity contribution in [2.45, 2.75) is 49.4 Å². The summed E-state index contributed by atoms with van der Waals surface area (Å²) in [6.07, 6.45) is 18.6. The Morgan fingerprint density at radius 3 is 1.85 bits per heavy atom. The first-order valence-electron chi connectivity index (χ1n) is 25.6. The number of anilines is 2. The van der Waals surface area contributed by atoms with Gasteiger partial charge in [-0.2, -0.15) is 0 Å². The summed E-state index contributed by atoms with van der Waals surface area (Å²) >= 11 is 0. The van der Waals surface area contributed by atoms with Gasteiger partial charge in [-0.15, -0.1) is 0 Å². The van der Waals surface area contributed by atoms with Gasteiger partial charge in [0.25, 0.3) is 0 Å². The highest BCUT2D eigenvalue weighted by Crippen LogP contribution is 2.69. The topological polar surface area (TPSA) is 8.17 Å². The second-order valence-corrected chi connectivity index (χ2v) is 20.2. The molecule has 0 radical (unpaired) electrons. The average Bonchev–Trinajstić information content (AvgIpc) is 3.96. The molecule has 14 rings (SSSR count). The standard InChI is InChI=1S/C69H54N2/c1-47-34-44-63-67-66(47)58-29-14-16-30-60(58)69(67,51-24-10-4-11-25-51)62-32-18-17-31-61(62)68(63,50-22-8-3-9-23-50)52-37-41-54(42-38-52)70(53-26-12-5-13-27-53)56-43-45-65-59(46-56)57-28-15-19-33-64(57)71(65)55-39-35-49(36-40-55)48-20-6-2-7-21-48/h2-14,16-27,29-37,39-41,43-47,66H,15,28,38,42H2,1H3. The van der Waals surface area contributed by atoms with Gasteiger partial charge in [0.1, 0.15) is 0 Å². The van der Waals surface area contributed by atoms with Gasteiger partial charge in [-0.3, -0.25) is 0 Å². The lowest BCUT2D eigenvalue weighted by Crippen LogP contribution is -2.46. The number of aromatic nitrogens is 1. The second kappa shape index (κ2) is 16.5. The third-order valence-electron chi connectivity index (χ3n) is 16.7. The zero-order chi connectivity index (χ0) is 47.1. The highest BCUT2D eigenvalue weighted by molar-refractivity contribution is 5.94. The van der Waals surface area contributed by atoms with Gasteiger partial charge in [-0.1, -0.05) is 207 Å². The largest absolute Gasteiger partial charge is 0.314 e. The molecule has 1 heterocycles. The number of rotatable bonds is 8. The average molecular weight is 911 g/mol. The van der Waals surface area contributed by atoms with E-state index in [0.717, 1.165) is 25.7 Å². The van der Waals surface area contributed by atoms with Crippen molar-refractivity contribution in [3.63, 3.8) is 0 Å². The van der Waals surface area contributed by atoms with Gasteiger partial charge >= 0.3 is 0 Å². The Kier molecular flexibility index (Phi) is 9.68. The van der Waals surface area contributed by atoms with Crippen LogP contribution in [0.3, 0.4) is 0 Å². The Morgan fingerprint density at radius 1 is 0.521 bits per heavy atom. The summed E-state index contributed by atoms with van der Waals surface area (Å²) in [5.41, 5.74) is 23.1. The molecule has 0 aliphatic heterocycles. The van der Waals surface area contributed by atoms with Gasteiger partial charge in [-0.25, -0.2) is 0 Å². The van der Waals surface area contributed by atoms with E-state index in [-0.39, 0.29) is 5.92 Å². The molecule has 0 saturated heterocycles. The van der Waals surface area contributed by atoms with Crippen molar-refractivity contribution in [3.8, 4) is 16.8 Å². The first kappa shape index (κ1) is 41.7. The zero-order valence-electron chi connectivity index (χ0n) is 40.0. The van der Waals surface area contributed by atoms with Crippen molar-refractivity contribution in [1.82, 2.24) is 4.57 Å². The molecule has 0 bridgehead atoms. The lowest BCUT2D eigenvalue weighted by molar-refractivity contribution is 0.520. The predicted molar refractivity (Wildman–Crippen MR) is 295 cm³/mol. The van der Waals surface area contributed by atoms with Crippen LogP contribution in [-0.4, -0.2) is 4.57 Å². The van der Waals surface area contributed by atoms with Crippen LogP contribution in [0.2, 0.25) is 0 Å². The van der Waals surface area contributed by atoms with E-state index >= 15 is 0 Å². The molecule has 9 aromatic rings. The predicted octanol–water partition coefficient (Wildman–Crippen LogP) is 16.9. The lowest BCUT2D eigenvalue weighted by atomic mass is 9.49. The van der Waals surface area contributed by atoms with Crippen LogP contribution in [-0.2, 0) is 17.3 Å². The molecule has 2 nitrogen and oxygen atoms in total. The molecule has 4 atom stereocenters. The minimum atomic E-state index is -0.504. The minimum absolute atomic E-state index is 0.256. The number of hydrogen-bond acceptors (Lipinski definition) is 1. The molecular formula is C69H54N2. The molecule has 0 amide bonds. The Bertz CT molecular complexity index is 3700. The van der Waals surface area contributed by atoms with E-state index in [4.69, 9.17) is 0 Å². The number of hydrogen-bond donors (Lipinski definition) is 0. The Balaban J connectivity index is 0.953. The Hall–Kier alpha value is -8.20. The van der Waals surface area contributed by atoms with E-state index in [0.29, 0.717) is 5.92 Å². The maximum Gasteiger partial charge on any atom is 0.0680 e. The summed E-state index contributed by atoms with van der Waals surface area (Å²) in [6, 6.07) is 79.7. The second-order valence-electron chi connectivity index (χ2n) is 20.2. The summed E-state index contributed by atoms with van der Waals surface area (Å²) in [5, 5.41) is 1.32. The van der Waals surface area contributed by atoms with Crippen LogP contribution in [0.1, 0.15) is 76.7 Å². The van der Waals surface area contributed by atoms with Crippen LogP contribution in [0.25, 0.3) is 33.8 Å². The number of aryl methyl sites for hydroxylation is 1. The van der Waals surface area contributed by atoms with E-state index in [9.17, 15) is 0 Å². The van der Waals surface area contributed by atoms with Gasteiger partial charge in [0, 0.05) is 39.8 Å². The number of benzene rings is 8. The molecule has 5 aliphatic carbocycles. The maximum atomic E-state index is 2.55. The van der Waals surface area contributed by atoms with E-state index in [1.54, 1.807) is 5.57 Å². The molecule has 2 heteroatoms. The lowest BCUT2D eigenvalue weighted by Gasteiger charge is -2.53. The van der Waals surface area contributed by atoms with Crippen LogP contribution in [0.5, 0.6) is 0 Å². The molecule has 0 fully saturated rings. The van der Waals surface area contributed by atoms with Gasteiger partial charge in [0.2, 0.25) is 0 Å². The quantitative estimate of drug-likeness (QED) is 0.147. The molecule has 0 N–H and O–H groups in total. The summed E-state index contributed by atoms with van der Waals surface area (Å²) in [4.78, 5) is 2.53. The van der Waals surface area contributed by atoms with Gasteiger partial charge < -0.3 is 9.47 Å². The Labute approximate surface area is 417 Å². The van der Waals surface area contributed by atoms with Crippen molar-refractivity contribution in [2.75, 3.05) is 4.90 Å². The highest BCUT2D eigenvalue weighted by Gasteiger charge is 2.61. The third-order valence-corrected chi connectivity index (χ3v) is 16.7. The van der Waals surface area contributed by atoms with Crippen molar-refractivity contribution >= 4 is 28.4 Å². The molecule has 4 unspecified atom stereocenters. The van der Waals surface area contributed by atoms with Crippen molar-refractivity contribution < 1.29 is 0 Å². The van der Waals surface area contributed by atoms with Crippen LogP contribution in [0, 0.1) is 5.92 Å². The van der Waals surface area contributed by atoms with E-state index in [2.05, 4.69) is 265 Å². The molecule has 5 aliphatic rings. The number of allylic oxidation sites excluding steroid dienone is 9. The molecule has 1 aromatic heterocycles. The van der Waals surface area contributed by atoms with Gasteiger partial charge in [0.15, 0.2) is 0 Å². The van der Waals surface area contributed by atoms with Crippen molar-refractivity contribution in [1.29, 1.82) is 0 Å². The SMILES string of the molecule is CC1C=CC2=C3C1c1ccccc1C3(c1ccccc1)c1ccccc1C2(C1=CC=C(N(c2ccccc2)c2ccc3c(c2)c2c(n3-c3ccc(-c4ccccc4)cc3)C=CCC2)CC1)c1ccccc1. The normalized spacial score (nSPS) is 21.5. The van der Waals surface area contributed by atoms with Gasteiger partial charge in [0.05, 0.1) is 16.3 Å². The summed E-state index contributed by atoms with van der Waals surface area (Å²) < 4.78 is 2.47. The van der Waals surface area contributed by atoms with Crippen LogP contribution < -0.4 is 4.90 Å². The zero-order valence-corrected chi connectivity index (χ0v) is 40.0. The first-order chi connectivity index (χ1) is 35.2.